The third-order valence-corrected chi connectivity index (χ3v) is 4.88. The van der Waals surface area contributed by atoms with Crippen LogP contribution in [0.25, 0.3) is 0 Å². The monoisotopic (exact) mass is 406 g/mol. The van der Waals surface area contributed by atoms with Crippen molar-refractivity contribution in [3.8, 4) is 5.75 Å². The quantitative estimate of drug-likeness (QED) is 0.739. The van der Waals surface area contributed by atoms with Gasteiger partial charge in [0.05, 0.1) is 5.56 Å². The molecule has 0 heterocycles. The second kappa shape index (κ2) is 8.55. The largest absolute Gasteiger partial charge is 0.416 e. The van der Waals surface area contributed by atoms with Crippen LogP contribution in [0, 0.1) is 0 Å². The molecule has 1 fully saturated rings. The lowest BCUT2D eigenvalue weighted by Gasteiger charge is -2.36. The van der Waals surface area contributed by atoms with Gasteiger partial charge in [-0.1, -0.05) is 43.5 Å². The normalized spacial score (nSPS) is 16.0. The van der Waals surface area contributed by atoms with Crippen molar-refractivity contribution in [3.63, 3.8) is 0 Å². The van der Waals surface area contributed by atoms with Gasteiger partial charge in [-0.15, -0.1) is 0 Å². The van der Waals surface area contributed by atoms with Gasteiger partial charge in [0.1, 0.15) is 11.3 Å². The smallest absolute Gasteiger partial charge is 0.410 e. The van der Waals surface area contributed by atoms with Crippen LogP contribution in [-0.2, 0) is 11.0 Å². The summed E-state index contributed by atoms with van der Waals surface area (Å²) in [6, 6.07) is 12.8. The van der Waals surface area contributed by atoms with Gasteiger partial charge in [-0.05, 0) is 43.2 Å². The van der Waals surface area contributed by atoms with Gasteiger partial charge in [-0.2, -0.15) is 13.2 Å². The first-order valence-electron chi connectivity index (χ1n) is 9.32. The maximum Gasteiger partial charge on any atom is 0.416 e. The molecule has 0 bridgehead atoms. The zero-order valence-corrected chi connectivity index (χ0v) is 15.6. The van der Waals surface area contributed by atoms with Crippen LogP contribution >= 0.6 is 0 Å². The lowest BCUT2D eigenvalue weighted by Crippen LogP contribution is -2.58. The Morgan fingerprint density at radius 2 is 1.62 bits per heavy atom. The van der Waals surface area contributed by atoms with Gasteiger partial charge in [0, 0.05) is 5.69 Å². The molecule has 29 heavy (non-hydrogen) atoms. The van der Waals surface area contributed by atoms with Crippen LogP contribution < -0.4 is 15.4 Å². The van der Waals surface area contributed by atoms with Gasteiger partial charge in [-0.3, -0.25) is 4.79 Å². The summed E-state index contributed by atoms with van der Waals surface area (Å²) in [5.74, 6) is -0.226. The minimum absolute atomic E-state index is 0.0213. The van der Waals surface area contributed by atoms with Crippen molar-refractivity contribution in [2.75, 3.05) is 5.32 Å². The number of ether oxygens (including phenoxy) is 1. The number of hydrogen-bond acceptors (Lipinski definition) is 3. The zero-order valence-electron chi connectivity index (χ0n) is 15.6. The van der Waals surface area contributed by atoms with Crippen LogP contribution in [0.5, 0.6) is 5.75 Å². The summed E-state index contributed by atoms with van der Waals surface area (Å²) in [6.45, 7) is 0. The van der Waals surface area contributed by atoms with Crippen molar-refractivity contribution in [1.82, 2.24) is 5.32 Å². The number of rotatable bonds is 4. The van der Waals surface area contributed by atoms with E-state index in [0.717, 1.165) is 18.6 Å². The predicted molar refractivity (Wildman–Crippen MR) is 101 cm³/mol. The molecule has 0 radical (unpaired) electrons. The number of amides is 2. The van der Waals surface area contributed by atoms with E-state index < -0.39 is 29.3 Å². The minimum atomic E-state index is -4.51. The molecule has 2 amide bonds. The SMILES string of the molecule is O=C(NC1(C(=O)Nc2cccc(C(F)(F)F)c2)CCCCC1)Oc1ccccc1. The number of benzene rings is 2. The molecule has 154 valence electrons. The van der Waals surface area contributed by atoms with Crippen LogP contribution in [0.2, 0.25) is 0 Å². The molecular weight excluding hydrogens is 385 g/mol. The van der Waals surface area contributed by atoms with Gasteiger partial charge >= 0.3 is 12.3 Å². The molecule has 1 aliphatic carbocycles. The van der Waals surface area contributed by atoms with E-state index in [0.29, 0.717) is 31.4 Å². The molecule has 0 saturated heterocycles. The highest BCUT2D eigenvalue weighted by molar-refractivity contribution is 6.00. The molecule has 1 aliphatic rings. The number of anilines is 1. The minimum Gasteiger partial charge on any atom is -0.410 e. The van der Waals surface area contributed by atoms with Crippen molar-refractivity contribution in [1.29, 1.82) is 0 Å². The van der Waals surface area contributed by atoms with Crippen molar-refractivity contribution in [3.05, 3.63) is 60.2 Å². The molecule has 3 rings (SSSR count). The summed E-state index contributed by atoms with van der Waals surface area (Å²) in [6.07, 6.45) is -2.21. The molecule has 0 aromatic heterocycles. The average molecular weight is 406 g/mol. The van der Waals surface area contributed by atoms with Crippen LogP contribution in [0.4, 0.5) is 23.7 Å². The standard InChI is InChI=1S/C21H21F3N2O3/c22-21(23,24)15-8-7-9-16(14-15)25-18(27)20(12-5-2-6-13-20)26-19(28)29-17-10-3-1-4-11-17/h1,3-4,7-11,14H,2,5-6,12-13H2,(H,25,27)(H,26,28). The van der Waals surface area contributed by atoms with Crippen molar-refractivity contribution in [2.45, 2.75) is 43.8 Å². The molecule has 0 aliphatic heterocycles. The highest BCUT2D eigenvalue weighted by Crippen LogP contribution is 2.33. The molecule has 2 aromatic rings. The Morgan fingerprint density at radius 3 is 2.28 bits per heavy atom. The van der Waals surface area contributed by atoms with Crippen LogP contribution in [0.1, 0.15) is 37.7 Å². The van der Waals surface area contributed by atoms with E-state index in [1.165, 1.54) is 12.1 Å². The van der Waals surface area contributed by atoms with Gasteiger partial charge in [0.2, 0.25) is 5.91 Å². The lowest BCUT2D eigenvalue weighted by atomic mass is 9.81. The zero-order chi connectivity index (χ0) is 20.9. The van der Waals surface area contributed by atoms with Gasteiger partial charge in [0.25, 0.3) is 0 Å². The van der Waals surface area contributed by atoms with E-state index in [1.807, 2.05) is 0 Å². The molecule has 2 N–H and O–H groups in total. The molecule has 0 spiro atoms. The van der Waals surface area contributed by atoms with Crippen LogP contribution in [0.15, 0.2) is 54.6 Å². The number of halogens is 3. The summed E-state index contributed by atoms with van der Waals surface area (Å²) in [7, 11) is 0. The number of hydrogen-bond donors (Lipinski definition) is 2. The lowest BCUT2D eigenvalue weighted by molar-refractivity contribution is -0.137. The van der Waals surface area contributed by atoms with Crippen molar-refractivity contribution in [2.24, 2.45) is 0 Å². The van der Waals surface area contributed by atoms with E-state index in [9.17, 15) is 22.8 Å². The first kappa shape index (κ1) is 20.7. The van der Waals surface area contributed by atoms with Gasteiger partial charge in [0.15, 0.2) is 0 Å². The van der Waals surface area contributed by atoms with E-state index in [-0.39, 0.29) is 5.69 Å². The molecule has 2 aromatic carbocycles. The molecule has 0 atom stereocenters. The Labute approximate surface area is 166 Å². The third kappa shape index (κ3) is 5.28. The Bertz CT molecular complexity index is 863. The summed E-state index contributed by atoms with van der Waals surface area (Å²) in [5, 5.41) is 5.18. The van der Waals surface area contributed by atoms with Gasteiger partial charge < -0.3 is 15.4 Å². The number of carbonyl (C=O) groups excluding carboxylic acids is 2. The Kier molecular flexibility index (Phi) is 6.10. The average Bonchev–Trinajstić information content (AvgIpc) is 2.69. The fraction of sp³-hybridized carbons (Fsp3) is 0.333. The second-order valence-corrected chi connectivity index (χ2v) is 7.00. The summed E-state index contributed by atoms with van der Waals surface area (Å²) in [4.78, 5) is 25.3. The van der Waals surface area contributed by atoms with E-state index >= 15 is 0 Å². The van der Waals surface area contributed by atoms with E-state index in [4.69, 9.17) is 4.74 Å². The molecule has 8 heteroatoms. The number of nitrogens with one attached hydrogen (secondary N) is 2. The first-order chi connectivity index (χ1) is 13.8. The maximum atomic E-state index is 13.0. The fourth-order valence-corrected chi connectivity index (χ4v) is 3.40. The first-order valence-corrected chi connectivity index (χ1v) is 9.32. The highest BCUT2D eigenvalue weighted by atomic mass is 19.4. The summed E-state index contributed by atoms with van der Waals surface area (Å²) in [5.41, 5.74) is -2.07. The Balaban J connectivity index is 1.75. The molecule has 0 unspecified atom stereocenters. The van der Waals surface area contributed by atoms with E-state index in [2.05, 4.69) is 10.6 Å². The topological polar surface area (TPSA) is 67.4 Å². The highest BCUT2D eigenvalue weighted by Gasteiger charge is 2.41. The fourth-order valence-electron chi connectivity index (χ4n) is 3.40. The molecule has 1 saturated carbocycles. The summed E-state index contributed by atoms with van der Waals surface area (Å²) < 4.78 is 44.0. The number of alkyl halides is 3. The van der Waals surface area contributed by atoms with Gasteiger partial charge in [-0.25, -0.2) is 4.79 Å². The predicted octanol–water partition coefficient (Wildman–Crippen LogP) is 5.14. The number of carbonyl (C=O) groups is 2. The van der Waals surface area contributed by atoms with Crippen LogP contribution in [0.3, 0.4) is 0 Å². The second-order valence-electron chi connectivity index (χ2n) is 7.00. The van der Waals surface area contributed by atoms with Crippen molar-refractivity contribution < 1.29 is 27.5 Å². The van der Waals surface area contributed by atoms with Crippen molar-refractivity contribution >= 4 is 17.7 Å². The molecule has 5 nitrogen and oxygen atoms in total. The summed E-state index contributed by atoms with van der Waals surface area (Å²) >= 11 is 0. The maximum absolute atomic E-state index is 13.0. The molecular formula is C21H21F3N2O3. The Hall–Kier alpha value is -3.03. The third-order valence-electron chi connectivity index (χ3n) is 4.88. The van der Waals surface area contributed by atoms with Crippen LogP contribution in [-0.4, -0.2) is 17.5 Å². The number of para-hydroxylation sites is 1. The van der Waals surface area contributed by atoms with E-state index in [1.54, 1.807) is 30.3 Å². The Morgan fingerprint density at radius 1 is 0.931 bits per heavy atom.